The molecule has 3 rings (SSSR count). The van der Waals surface area contributed by atoms with Crippen molar-refractivity contribution < 1.29 is 4.79 Å². The fraction of sp³-hybridized carbons (Fsp3) is 0.125. The molecule has 9 heteroatoms. The van der Waals surface area contributed by atoms with Gasteiger partial charge in [-0.3, -0.25) is 9.89 Å². The van der Waals surface area contributed by atoms with Crippen LogP contribution in [0.25, 0.3) is 11.4 Å². The fourth-order valence-electron chi connectivity index (χ4n) is 1.96. The van der Waals surface area contributed by atoms with Crippen LogP contribution in [-0.4, -0.2) is 31.3 Å². The average molecular weight is 394 g/mol. The van der Waals surface area contributed by atoms with Crippen molar-refractivity contribution in [2.45, 2.75) is 17.3 Å². The first-order chi connectivity index (χ1) is 12.0. The Balaban J connectivity index is 1.65. The molecule has 0 aliphatic rings. The Morgan fingerprint density at radius 2 is 2.04 bits per heavy atom. The van der Waals surface area contributed by atoms with Gasteiger partial charge in [0.15, 0.2) is 11.6 Å². The largest absolute Gasteiger partial charge is 0.308 e. The highest BCUT2D eigenvalue weighted by atomic mass is 35.5. The van der Waals surface area contributed by atoms with Gasteiger partial charge in [0.1, 0.15) is 0 Å². The monoisotopic (exact) mass is 393 g/mol. The van der Waals surface area contributed by atoms with E-state index in [0.29, 0.717) is 16.0 Å². The van der Waals surface area contributed by atoms with E-state index in [9.17, 15) is 4.79 Å². The number of aromatic nitrogens is 4. The highest BCUT2D eigenvalue weighted by Gasteiger charge is 2.19. The summed E-state index contributed by atoms with van der Waals surface area (Å²) < 4.78 is 0. The standard InChI is InChI=1S/C16H13Cl2N5OS/c1-9(15(24)20-14-12(18)7-11(17)8-19-14)25-16-21-13(22-23-16)10-5-3-2-4-6-10/h2-9H,1H3,(H,19,20,24)(H,21,22,23)/t9-/m1/s1. The number of anilines is 1. The molecule has 3 aromatic rings. The zero-order valence-electron chi connectivity index (χ0n) is 13.0. The molecule has 2 aromatic heterocycles. The van der Waals surface area contributed by atoms with Gasteiger partial charge in [0, 0.05) is 11.8 Å². The molecule has 25 heavy (non-hydrogen) atoms. The number of carbonyl (C=O) groups is 1. The molecule has 0 aliphatic carbocycles. The number of amides is 1. The normalized spacial score (nSPS) is 12.0. The summed E-state index contributed by atoms with van der Waals surface area (Å²) >= 11 is 13.0. The van der Waals surface area contributed by atoms with Crippen LogP contribution in [0.2, 0.25) is 10.0 Å². The predicted molar refractivity (Wildman–Crippen MR) is 100 cm³/mol. The number of aromatic amines is 1. The fourth-order valence-corrected chi connectivity index (χ4v) is 3.11. The second-order valence-corrected chi connectivity index (χ2v) is 7.22. The summed E-state index contributed by atoms with van der Waals surface area (Å²) in [6, 6.07) is 11.1. The summed E-state index contributed by atoms with van der Waals surface area (Å²) in [4.78, 5) is 20.7. The summed E-state index contributed by atoms with van der Waals surface area (Å²) in [7, 11) is 0. The maximum Gasteiger partial charge on any atom is 0.238 e. The molecule has 1 amide bonds. The van der Waals surface area contributed by atoms with Crippen molar-refractivity contribution in [3.8, 4) is 11.4 Å². The van der Waals surface area contributed by atoms with Crippen LogP contribution in [0.15, 0.2) is 47.8 Å². The Morgan fingerprint density at radius 3 is 2.76 bits per heavy atom. The Bertz CT molecular complexity index is 887. The molecule has 128 valence electrons. The number of benzene rings is 1. The summed E-state index contributed by atoms with van der Waals surface area (Å²) in [6.45, 7) is 1.75. The van der Waals surface area contributed by atoms with Gasteiger partial charge in [0.25, 0.3) is 0 Å². The predicted octanol–water partition coefficient (Wildman–Crippen LogP) is 4.29. The van der Waals surface area contributed by atoms with E-state index in [0.717, 1.165) is 5.56 Å². The highest BCUT2D eigenvalue weighted by molar-refractivity contribution is 8.00. The SMILES string of the molecule is C[C@@H](Sc1n[nH]c(-c2ccccc2)n1)C(=O)Nc1ncc(Cl)cc1Cl. The summed E-state index contributed by atoms with van der Waals surface area (Å²) in [6.07, 6.45) is 1.42. The van der Waals surface area contributed by atoms with Crippen molar-refractivity contribution in [2.24, 2.45) is 0 Å². The first-order valence-electron chi connectivity index (χ1n) is 7.29. The Labute approximate surface area is 158 Å². The third-order valence-corrected chi connectivity index (χ3v) is 4.67. The molecule has 1 atom stereocenters. The number of nitrogens with zero attached hydrogens (tertiary/aromatic N) is 3. The highest BCUT2D eigenvalue weighted by Crippen LogP contribution is 2.26. The van der Waals surface area contributed by atoms with Crippen molar-refractivity contribution in [3.63, 3.8) is 0 Å². The van der Waals surface area contributed by atoms with Crippen molar-refractivity contribution in [3.05, 3.63) is 52.6 Å². The number of hydrogen-bond donors (Lipinski definition) is 2. The van der Waals surface area contributed by atoms with Gasteiger partial charge in [0.2, 0.25) is 11.1 Å². The number of halogens is 2. The Kier molecular flexibility index (Phi) is 5.57. The molecule has 0 fully saturated rings. The molecular weight excluding hydrogens is 381 g/mol. The third kappa shape index (κ3) is 4.50. The lowest BCUT2D eigenvalue weighted by Crippen LogP contribution is -2.23. The quantitative estimate of drug-likeness (QED) is 0.631. The summed E-state index contributed by atoms with van der Waals surface area (Å²) in [5, 5.41) is 10.4. The molecule has 0 saturated heterocycles. The van der Waals surface area contributed by atoms with Gasteiger partial charge in [0.05, 0.1) is 15.3 Å². The van der Waals surface area contributed by atoms with Crippen molar-refractivity contribution in [1.82, 2.24) is 20.2 Å². The second kappa shape index (κ2) is 7.86. The minimum absolute atomic E-state index is 0.257. The molecule has 0 aliphatic heterocycles. The van der Waals surface area contributed by atoms with Gasteiger partial charge in [-0.15, -0.1) is 5.10 Å². The van der Waals surface area contributed by atoms with E-state index in [1.54, 1.807) is 6.92 Å². The van der Waals surface area contributed by atoms with E-state index in [1.807, 2.05) is 30.3 Å². The van der Waals surface area contributed by atoms with Crippen LogP contribution < -0.4 is 5.32 Å². The Morgan fingerprint density at radius 1 is 1.28 bits per heavy atom. The van der Waals surface area contributed by atoms with Crippen LogP contribution in [-0.2, 0) is 4.79 Å². The number of carbonyl (C=O) groups excluding carboxylic acids is 1. The van der Waals surface area contributed by atoms with Gasteiger partial charge < -0.3 is 5.32 Å². The third-order valence-electron chi connectivity index (χ3n) is 3.21. The van der Waals surface area contributed by atoms with Crippen LogP contribution in [0, 0.1) is 0 Å². The molecule has 0 bridgehead atoms. The van der Waals surface area contributed by atoms with Crippen molar-refractivity contribution in [1.29, 1.82) is 0 Å². The van der Waals surface area contributed by atoms with Crippen LogP contribution in [0.1, 0.15) is 6.92 Å². The molecule has 0 radical (unpaired) electrons. The van der Waals surface area contributed by atoms with E-state index in [2.05, 4.69) is 25.5 Å². The molecule has 0 saturated carbocycles. The van der Waals surface area contributed by atoms with Gasteiger partial charge in [-0.2, -0.15) is 0 Å². The summed E-state index contributed by atoms with van der Waals surface area (Å²) in [5.41, 5.74) is 0.927. The number of nitrogens with one attached hydrogen (secondary N) is 2. The minimum Gasteiger partial charge on any atom is -0.308 e. The topological polar surface area (TPSA) is 83.6 Å². The van der Waals surface area contributed by atoms with Crippen molar-refractivity contribution in [2.75, 3.05) is 5.32 Å². The van der Waals surface area contributed by atoms with E-state index in [-0.39, 0.29) is 16.7 Å². The van der Waals surface area contributed by atoms with E-state index >= 15 is 0 Å². The molecule has 6 nitrogen and oxygen atoms in total. The lowest BCUT2D eigenvalue weighted by atomic mass is 10.2. The molecule has 0 spiro atoms. The number of H-pyrrole nitrogens is 1. The lowest BCUT2D eigenvalue weighted by Gasteiger charge is -2.10. The van der Waals surface area contributed by atoms with Gasteiger partial charge in [-0.05, 0) is 13.0 Å². The molecule has 2 N–H and O–H groups in total. The van der Waals surface area contributed by atoms with Gasteiger partial charge >= 0.3 is 0 Å². The first kappa shape index (κ1) is 17.7. The summed E-state index contributed by atoms with van der Waals surface area (Å²) in [5.74, 6) is 0.661. The maximum atomic E-state index is 12.3. The van der Waals surface area contributed by atoms with Gasteiger partial charge in [-0.25, -0.2) is 9.97 Å². The first-order valence-corrected chi connectivity index (χ1v) is 8.93. The minimum atomic E-state index is -0.437. The number of thioether (sulfide) groups is 1. The molecule has 2 heterocycles. The van der Waals surface area contributed by atoms with Crippen molar-refractivity contribution >= 4 is 46.7 Å². The van der Waals surface area contributed by atoms with E-state index < -0.39 is 5.25 Å². The van der Waals surface area contributed by atoms with Crippen LogP contribution in [0.4, 0.5) is 5.82 Å². The second-order valence-electron chi connectivity index (χ2n) is 5.07. The molecule has 0 unspecified atom stereocenters. The van der Waals surface area contributed by atoms with Crippen LogP contribution in [0.5, 0.6) is 0 Å². The maximum absolute atomic E-state index is 12.3. The molecular formula is C16H13Cl2N5OS. The van der Waals surface area contributed by atoms with Crippen LogP contribution >= 0.6 is 35.0 Å². The molecule has 1 aromatic carbocycles. The van der Waals surface area contributed by atoms with Gasteiger partial charge in [-0.1, -0.05) is 65.3 Å². The number of pyridine rings is 1. The average Bonchev–Trinajstić information content (AvgIpc) is 3.06. The number of hydrogen-bond acceptors (Lipinski definition) is 5. The van der Waals surface area contributed by atoms with E-state index in [1.165, 1.54) is 24.0 Å². The smallest absolute Gasteiger partial charge is 0.238 e. The Hall–Kier alpha value is -2.09. The lowest BCUT2D eigenvalue weighted by molar-refractivity contribution is -0.115. The van der Waals surface area contributed by atoms with E-state index in [4.69, 9.17) is 23.2 Å². The van der Waals surface area contributed by atoms with Crippen LogP contribution in [0.3, 0.4) is 0 Å². The number of rotatable bonds is 5. The zero-order valence-corrected chi connectivity index (χ0v) is 15.4. The zero-order chi connectivity index (χ0) is 17.8.